The third-order valence-electron chi connectivity index (χ3n) is 8.22. The fourth-order valence-corrected chi connectivity index (χ4v) is 5.85. The maximum atomic E-state index is 6.45. The quantitative estimate of drug-likeness (QED) is 0.208. The largest absolute Gasteiger partial charge is 0.398 e. The summed E-state index contributed by atoms with van der Waals surface area (Å²) in [6.45, 7) is 2.06. The monoisotopic (exact) mass is 552 g/mol. The summed E-state index contributed by atoms with van der Waals surface area (Å²) in [6, 6.07) is 58.2. The van der Waals surface area contributed by atoms with E-state index < -0.39 is 0 Å². The van der Waals surface area contributed by atoms with Crippen LogP contribution in [-0.2, 0) is 0 Å². The van der Waals surface area contributed by atoms with E-state index in [1.54, 1.807) is 0 Å². The number of nitrogens with zero attached hydrogens (tertiary/aromatic N) is 1. The first-order valence-electron chi connectivity index (χ1n) is 14.6. The Balaban J connectivity index is 1.29. The molecule has 0 unspecified atom stereocenters. The van der Waals surface area contributed by atoms with Crippen LogP contribution in [-0.4, -0.2) is 0 Å². The van der Waals surface area contributed by atoms with Gasteiger partial charge in [-0.3, -0.25) is 0 Å². The van der Waals surface area contributed by atoms with Crippen LogP contribution in [0.5, 0.6) is 0 Å². The molecule has 206 valence electrons. The van der Waals surface area contributed by atoms with Gasteiger partial charge in [-0.05, 0) is 87.7 Å². The minimum Gasteiger partial charge on any atom is -0.398 e. The van der Waals surface area contributed by atoms with Gasteiger partial charge in [-0.2, -0.15) is 0 Å². The van der Waals surface area contributed by atoms with Crippen LogP contribution in [0.1, 0.15) is 5.56 Å². The molecular weight excluding hydrogens is 520 g/mol. The van der Waals surface area contributed by atoms with E-state index in [4.69, 9.17) is 5.73 Å². The van der Waals surface area contributed by atoms with Crippen LogP contribution in [0.15, 0.2) is 164 Å². The molecule has 0 amide bonds. The molecule has 0 aliphatic carbocycles. The molecule has 7 rings (SSSR count). The Morgan fingerprint density at radius 1 is 0.372 bits per heavy atom. The molecule has 2 heteroatoms. The summed E-state index contributed by atoms with van der Waals surface area (Å²) in [5.41, 5.74) is 18.9. The molecular formula is C41H32N2. The number of benzene rings is 7. The molecule has 7 aromatic carbocycles. The molecule has 0 saturated carbocycles. The van der Waals surface area contributed by atoms with Crippen LogP contribution in [0.25, 0.3) is 44.2 Å². The molecule has 0 radical (unpaired) electrons. The van der Waals surface area contributed by atoms with E-state index in [2.05, 4.69) is 176 Å². The lowest BCUT2D eigenvalue weighted by atomic mass is 9.95. The van der Waals surface area contributed by atoms with E-state index in [0.29, 0.717) is 0 Å². The van der Waals surface area contributed by atoms with Gasteiger partial charge in [-0.15, -0.1) is 0 Å². The highest BCUT2D eigenvalue weighted by molar-refractivity contribution is 6.03. The summed E-state index contributed by atoms with van der Waals surface area (Å²) < 4.78 is 0. The number of anilines is 4. The van der Waals surface area contributed by atoms with Crippen molar-refractivity contribution in [3.05, 3.63) is 169 Å². The van der Waals surface area contributed by atoms with Crippen molar-refractivity contribution in [2.24, 2.45) is 0 Å². The second kappa shape index (κ2) is 11.3. The van der Waals surface area contributed by atoms with Crippen LogP contribution in [0.3, 0.4) is 0 Å². The summed E-state index contributed by atoms with van der Waals surface area (Å²) in [5.74, 6) is 0. The summed E-state index contributed by atoms with van der Waals surface area (Å²) in [4.78, 5) is 2.32. The Bertz CT molecular complexity index is 1910. The van der Waals surface area contributed by atoms with Gasteiger partial charge in [0.05, 0.1) is 0 Å². The van der Waals surface area contributed by atoms with Gasteiger partial charge >= 0.3 is 0 Å². The van der Waals surface area contributed by atoms with Gasteiger partial charge in [0.25, 0.3) is 0 Å². The van der Waals surface area contributed by atoms with Crippen molar-refractivity contribution in [2.75, 3.05) is 10.6 Å². The Kier molecular flexibility index (Phi) is 6.94. The predicted molar refractivity (Wildman–Crippen MR) is 184 cm³/mol. The van der Waals surface area contributed by atoms with Crippen molar-refractivity contribution in [3.8, 4) is 33.4 Å². The van der Waals surface area contributed by atoms with Crippen molar-refractivity contribution in [1.29, 1.82) is 0 Å². The van der Waals surface area contributed by atoms with Gasteiger partial charge < -0.3 is 10.6 Å². The van der Waals surface area contributed by atoms with Gasteiger partial charge in [0, 0.05) is 28.1 Å². The second-order valence-corrected chi connectivity index (χ2v) is 10.9. The predicted octanol–water partition coefficient (Wildman–Crippen LogP) is 11.2. The zero-order valence-electron chi connectivity index (χ0n) is 24.1. The van der Waals surface area contributed by atoms with Crippen LogP contribution in [0.4, 0.5) is 22.7 Å². The molecule has 0 heterocycles. The zero-order valence-corrected chi connectivity index (χ0v) is 24.1. The van der Waals surface area contributed by atoms with E-state index in [9.17, 15) is 0 Å². The molecule has 0 saturated heterocycles. The van der Waals surface area contributed by atoms with Crippen LogP contribution in [0.2, 0.25) is 0 Å². The lowest BCUT2D eigenvalue weighted by Crippen LogP contribution is -2.09. The average molecular weight is 553 g/mol. The first-order chi connectivity index (χ1) is 21.2. The molecule has 43 heavy (non-hydrogen) atoms. The number of hydrogen-bond acceptors (Lipinski definition) is 2. The normalized spacial score (nSPS) is 11.0. The van der Waals surface area contributed by atoms with E-state index in [1.165, 1.54) is 33.2 Å². The third-order valence-corrected chi connectivity index (χ3v) is 8.22. The molecule has 7 aromatic rings. The number of rotatable bonds is 6. The topological polar surface area (TPSA) is 29.3 Å². The van der Waals surface area contributed by atoms with Gasteiger partial charge in [-0.1, -0.05) is 127 Å². The highest BCUT2D eigenvalue weighted by atomic mass is 15.1. The summed E-state index contributed by atoms with van der Waals surface area (Å²) in [7, 11) is 0. The maximum Gasteiger partial charge on any atom is 0.0462 e. The maximum absolute atomic E-state index is 6.45. The highest BCUT2D eigenvalue weighted by Crippen LogP contribution is 2.39. The molecule has 0 fully saturated rings. The van der Waals surface area contributed by atoms with Crippen molar-refractivity contribution in [3.63, 3.8) is 0 Å². The first kappa shape index (κ1) is 26.3. The van der Waals surface area contributed by atoms with E-state index >= 15 is 0 Å². The zero-order chi connectivity index (χ0) is 29.2. The molecule has 0 aromatic heterocycles. The minimum absolute atomic E-state index is 0.847. The molecule has 2 nitrogen and oxygen atoms in total. The number of fused-ring (bicyclic) bond motifs is 1. The fraction of sp³-hybridized carbons (Fsp3) is 0.0244. The summed E-state index contributed by atoms with van der Waals surface area (Å²) >= 11 is 0. The Morgan fingerprint density at radius 2 is 0.814 bits per heavy atom. The molecule has 0 aliphatic rings. The van der Waals surface area contributed by atoms with Crippen molar-refractivity contribution < 1.29 is 0 Å². The minimum atomic E-state index is 0.847. The van der Waals surface area contributed by atoms with Crippen LogP contribution < -0.4 is 10.6 Å². The van der Waals surface area contributed by atoms with Crippen LogP contribution in [0, 0.1) is 6.92 Å². The standard InChI is InChI=1S/C41H32N2/c1-29-15-28-39-38(13-8-14-40(39)41(29)42)34-20-26-37(27-21-34)43(35-22-16-32(17-23-35)30-9-4-2-5-10-30)36-24-18-33(19-25-36)31-11-6-3-7-12-31/h2-28H,42H2,1H3. The summed E-state index contributed by atoms with van der Waals surface area (Å²) in [6.07, 6.45) is 0. The van der Waals surface area contributed by atoms with Crippen molar-refractivity contribution in [2.45, 2.75) is 6.92 Å². The Hall–Kier alpha value is -5.60. The lowest BCUT2D eigenvalue weighted by Gasteiger charge is -2.26. The fourth-order valence-electron chi connectivity index (χ4n) is 5.85. The number of nitrogen functional groups attached to an aromatic ring is 1. The highest BCUT2D eigenvalue weighted by Gasteiger charge is 2.14. The number of nitrogens with two attached hydrogens (primary N) is 1. The Morgan fingerprint density at radius 3 is 1.30 bits per heavy atom. The molecule has 0 atom stereocenters. The molecule has 0 spiro atoms. The smallest absolute Gasteiger partial charge is 0.0462 e. The average Bonchev–Trinajstić information content (AvgIpc) is 3.08. The molecule has 0 bridgehead atoms. The second-order valence-electron chi connectivity index (χ2n) is 10.9. The van der Waals surface area contributed by atoms with Crippen molar-refractivity contribution in [1.82, 2.24) is 0 Å². The van der Waals surface area contributed by atoms with Gasteiger partial charge in [0.2, 0.25) is 0 Å². The first-order valence-corrected chi connectivity index (χ1v) is 14.6. The van der Waals surface area contributed by atoms with Gasteiger partial charge in [0.15, 0.2) is 0 Å². The lowest BCUT2D eigenvalue weighted by molar-refractivity contribution is 1.28. The third kappa shape index (κ3) is 5.16. The van der Waals surface area contributed by atoms with E-state index in [1.807, 2.05) is 0 Å². The van der Waals surface area contributed by atoms with Crippen LogP contribution >= 0.6 is 0 Å². The molecule has 2 N–H and O–H groups in total. The van der Waals surface area contributed by atoms with Gasteiger partial charge in [-0.25, -0.2) is 0 Å². The van der Waals surface area contributed by atoms with E-state index in [0.717, 1.165) is 39.3 Å². The van der Waals surface area contributed by atoms with Crippen molar-refractivity contribution >= 4 is 33.5 Å². The Labute approximate surface area is 253 Å². The number of aryl methyl sites for hydroxylation is 1. The SMILES string of the molecule is Cc1ccc2c(-c3ccc(N(c4ccc(-c5ccccc5)cc4)c4ccc(-c5ccccc5)cc4)cc3)cccc2c1N. The summed E-state index contributed by atoms with van der Waals surface area (Å²) in [5, 5.41) is 2.27. The van der Waals surface area contributed by atoms with Gasteiger partial charge in [0.1, 0.15) is 0 Å². The van der Waals surface area contributed by atoms with E-state index in [-0.39, 0.29) is 0 Å². The molecule has 0 aliphatic heterocycles. The number of hydrogen-bond donors (Lipinski definition) is 1.